The Balaban J connectivity index is 1.58. The number of amides is 3. The molecule has 3 amide bonds. The molecule has 0 radical (unpaired) electrons. The van der Waals surface area contributed by atoms with Gasteiger partial charge in [0.2, 0.25) is 5.91 Å². The van der Waals surface area contributed by atoms with Crippen LogP contribution in [0.15, 0.2) is 24.3 Å². The summed E-state index contributed by atoms with van der Waals surface area (Å²) in [5.74, 6) is -1.40. The van der Waals surface area contributed by atoms with Gasteiger partial charge in [-0.2, -0.15) is 5.26 Å². The summed E-state index contributed by atoms with van der Waals surface area (Å²) in [5.41, 5.74) is 2.18. The quantitative estimate of drug-likeness (QED) is 0.638. The number of nitriles is 1. The summed E-state index contributed by atoms with van der Waals surface area (Å²) in [5, 5.41) is 12.9. The molecule has 1 atom stereocenters. The molecule has 4 rings (SSSR count). The van der Waals surface area contributed by atoms with Crippen LogP contribution < -0.4 is 5.32 Å². The second-order valence-electron chi connectivity index (χ2n) is 7.07. The van der Waals surface area contributed by atoms with E-state index in [0.29, 0.717) is 21.7 Å². The van der Waals surface area contributed by atoms with Gasteiger partial charge in [0.25, 0.3) is 11.8 Å². The lowest BCUT2D eigenvalue weighted by Gasteiger charge is -2.21. The van der Waals surface area contributed by atoms with Gasteiger partial charge in [-0.3, -0.25) is 19.3 Å². The predicted molar refractivity (Wildman–Crippen MR) is 105 cm³/mol. The van der Waals surface area contributed by atoms with Crippen LogP contribution in [0.2, 0.25) is 0 Å². The Bertz CT molecular complexity index is 999. The van der Waals surface area contributed by atoms with E-state index in [1.807, 2.05) is 0 Å². The Kier molecular flexibility index (Phi) is 4.73. The van der Waals surface area contributed by atoms with Gasteiger partial charge in [-0.25, -0.2) is 0 Å². The second kappa shape index (κ2) is 7.21. The minimum absolute atomic E-state index is 0.313. The second-order valence-corrected chi connectivity index (χ2v) is 8.18. The van der Waals surface area contributed by atoms with Crippen molar-refractivity contribution >= 4 is 34.1 Å². The molecular formula is C21H19N3O3S. The molecule has 0 fully saturated rings. The fourth-order valence-electron chi connectivity index (χ4n) is 3.84. The van der Waals surface area contributed by atoms with Crippen LogP contribution in [0.25, 0.3) is 0 Å². The fourth-order valence-corrected chi connectivity index (χ4v) is 5.08. The maximum absolute atomic E-state index is 12.8. The molecule has 1 aliphatic carbocycles. The van der Waals surface area contributed by atoms with E-state index in [0.717, 1.165) is 47.4 Å². The van der Waals surface area contributed by atoms with Crippen LogP contribution in [0, 0.1) is 11.3 Å². The van der Waals surface area contributed by atoms with E-state index in [1.165, 1.54) is 18.3 Å². The van der Waals surface area contributed by atoms with Gasteiger partial charge in [0.05, 0.1) is 16.7 Å². The van der Waals surface area contributed by atoms with E-state index in [9.17, 15) is 19.6 Å². The number of anilines is 1. The van der Waals surface area contributed by atoms with E-state index >= 15 is 0 Å². The zero-order valence-corrected chi connectivity index (χ0v) is 16.3. The number of fused-ring (bicyclic) bond motifs is 2. The van der Waals surface area contributed by atoms with Crippen LogP contribution in [0.5, 0.6) is 0 Å². The summed E-state index contributed by atoms with van der Waals surface area (Å²) in [6.45, 7) is 1.53. The number of carbonyl (C=O) groups is 3. The largest absolute Gasteiger partial charge is 0.315 e. The highest BCUT2D eigenvalue weighted by Crippen LogP contribution is 2.37. The highest BCUT2D eigenvalue weighted by Gasteiger charge is 2.40. The van der Waals surface area contributed by atoms with Crippen molar-refractivity contribution in [1.29, 1.82) is 5.26 Å². The lowest BCUT2D eigenvalue weighted by molar-refractivity contribution is -0.119. The van der Waals surface area contributed by atoms with E-state index in [-0.39, 0.29) is 0 Å². The summed E-state index contributed by atoms with van der Waals surface area (Å²) in [6.07, 6.45) is 5.02. The number of nitrogens with zero attached hydrogens (tertiary/aromatic N) is 2. The Morgan fingerprint density at radius 1 is 1.14 bits per heavy atom. The summed E-state index contributed by atoms with van der Waals surface area (Å²) in [6, 6.07) is 7.81. The van der Waals surface area contributed by atoms with E-state index in [1.54, 1.807) is 24.3 Å². The number of carbonyl (C=O) groups excluding carboxylic acids is 3. The van der Waals surface area contributed by atoms with Crippen LogP contribution in [-0.2, 0) is 17.6 Å². The van der Waals surface area contributed by atoms with Crippen molar-refractivity contribution < 1.29 is 14.4 Å². The number of benzene rings is 1. The minimum atomic E-state index is -0.971. The molecule has 142 valence electrons. The Morgan fingerprint density at radius 2 is 1.79 bits per heavy atom. The topological polar surface area (TPSA) is 90.3 Å². The van der Waals surface area contributed by atoms with Crippen LogP contribution >= 0.6 is 11.3 Å². The average molecular weight is 393 g/mol. The summed E-state index contributed by atoms with van der Waals surface area (Å²) in [4.78, 5) is 40.2. The first kappa shape index (κ1) is 18.4. The predicted octanol–water partition coefficient (Wildman–Crippen LogP) is 3.51. The van der Waals surface area contributed by atoms with Crippen molar-refractivity contribution in [3.05, 3.63) is 51.4 Å². The van der Waals surface area contributed by atoms with Crippen LogP contribution in [0.4, 0.5) is 5.00 Å². The molecule has 0 saturated carbocycles. The molecule has 6 nitrogen and oxygen atoms in total. The van der Waals surface area contributed by atoms with Crippen LogP contribution in [-0.4, -0.2) is 28.7 Å². The molecule has 0 unspecified atom stereocenters. The first-order valence-corrected chi connectivity index (χ1v) is 10.2. The summed E-state index contributed by atoms with van der Waals surface area (Å²) in [7, 11) is 0. The Hall–Kier alpha value is -2.98. The Labute approximate surface area is 166 Å². The first-order chi connectivity index (χ1) is 13.5. The third kappa shape index (κ3) is 2.90. The first-order valence-electron chi connectivity index (χ1n) is 9.35. The number of rotatable bonds is 3. The molecule has 2 aromatic rings. The number of aryl methyl sites for hydroxylation is 1. The third-order valence-corrected chi connectivity index (χ3v) is 6.57. The zero-order chi connectivity index (χ0) is 19.8. The number of thiophene rings is 1. The lowest BCUT2D eigenvalue weighted by atomic mass is 10.1. The zero-order valence-electron chi connectivity index (χ0n) is 15.4. The van der Waals surface area contributed by atoms with Gasteiger partial charge in [0.1, 0.15) is 17.1 Å². The molecule has 7 heteroatoms. The standard InChI is InChI=1S/C21H19N3O3S/c1-12(24-20(26)14-8-5-6-9-15(14)21(24)27)18(25)23-19-16(11-22)13-7-3-2-4-10-17(13)28-19/h5-6,8-9,12H,2-4,7,10H2,1H3,(H,23,25)/t12-/m0/s1. The number of nitrogens with one attached hydrogen (secondary N) is 1. The highest BCUT2D eigenvalue weighted by atomic mass is 32.1. The highest BCUT2D eigenvalue weighted by molar-refractivity contribution is 7.16. The average Bonchev–Trinajstić information content (AvgIpc) is 3.03. The van der Waals surface area contributed by atoms with Crippen molar-refractivity contribution in [1.82, 2.24) is 4.90 Å². The molecule has 0 saturated heterocycles. The molecule has 28 heavy (non-hydrogen) atoms. The van der Waals surface area contributed by atoms with Crippen LogP contribution in [0.3, 0.4) is 0 Å². The SMILES string of the molecule is C[C@@H](C(=O)Nc1sc2c(c1C#N)CCCCC2)N1C(=O)c2ccccc2C1=O. The van der Waals surface area contributed by atoms with Gasteiger partial charge in [0.15, 0.2) is 0 Å². The van der Waals surface area contributed by atoms with E-state index in [2.05, 4.69) is 11.4 Å². The maximum Gasteiger partial charge on any atom is 0.262 e. The van der Waals surface area contributed by atoms with Crippen molar-refractivity contribution in [3.63, 3.8) is 0 Å². The maximum atomic E-state index is 12.8. The van der Waals surface area contributed by atoms with Gasteiger partial charge >= 0.3 is 0 Å². The van der Waals surface area contributed by atoms with E-state index in [4.69, 9.17) is 0 Å². The van der Waals surface area contributed by atoms with Crippen molar-refractivity contribution in [2.24, 2.45) is 0 Å². The molecule has 0 spiro atoms. The molecule has 1 aliphatic heterocycles. The lowest BCUT2D eigenvalue weighted by Crippen LogP contribution is -2.45. The van der Waals surface area contributed by atoms with Gasteiger partial charge < -0.3 is 5.32 Å². The summed E-state index contributed by atoms with van der Waals surface area (Å²) >= 11 is 1.43. The monoisotopic (exact) mass is 393 g/mol. The van der Waals surface area contributed by atoms with Gasteiger partial charge in [-0.1, -0.05) is 18.6 Å². The molecule has 2 heterocycles. The molecule has 1 aromatic heterocycles. The van der Waals surface area contributed by atoms with Crippen molar-refractivity contribution in [2.75, 3.05) is 5.32 Å². The van der Waals surface area contributed by atoms with Gasteiger partial charge in [-0.15, -0.1) is 11.3 Å². The number of hydrogen-bond donors (Lipinski definition) is 1. The molecule has 2 aliphatic rings. The molecule has 1 N–H and O–H groups in total. The van der Waals surface area contributed by atoms with Crippen molar-refractivity contribution in [2.45, 2.75) is 45.1 Å². The minimum Gasteiger partial charge on any atom is -0.315 e. The van der Waals surface area contributed by atoms with Gasteiger partial charge in [-0.05, 0) is 50.3 Å². The fraction of sp³-hybridized carbons (Fsp3) is 0.333. The molecule has 1 aromatic carbocycles. The third-order valence-electron chi connectivity index (χ3n) is 5.36. The van der Waals surface area contributed by atoms with E-state index < -0.39 is 23.8 Å². The molecule has 0 bridgehead atoms. The van der Waals surface area contributed by atoms with Crippen LogP contribution in [0.1, 0.15) is 62.9 Å². The number of hydrogen-bond acceptors (Lipinski definition) is 5. The Morgan fingerprint density at radius 3 is 2.43 bits per heavy atom. The van der Waals surface area contributed by atoms with Gasteiger partial charge in [0, 0.05) is 4.88 Å². The summed E-state index contributed by atoms with van der Waals surface area (Å²) < 4.78 is 0. The number of imide groups is 1. The normalized spacial score (nSPS) is 16.8. The smallest absolute Gasteiger partial charge is 0.262 e. The molecular weight excluding hydrogens is 374 g/mol. The van der Waals surface area contributed by atoms with Crippen molar-refractivity contribution in [3.8, 4) is 6.07 Å².